The van der Waals surface area contributed by atoms with E-state index in [1.54, 1.807) is 31.4 Å². The molecule has 0 aromatic heterocycles. The standard InChI is InChI=1S/C17H23N3O3/c1-23-12-8-6-11(7-9-12)18-16(21)10-15-17(22)20-14-5-3-2-4-13(14)19-15/h6-9,13-15,19H,2-5,10H2,1H3,(H,18,21)(H,20,22). The number of anilines is 1. The highest BCUT2D eigenvalue weighted by Gasteiger charge is 2.36. The number of methoxy groups -OCH3 is 1. The molecule has 1 aromatic carbocycles. The van der Waals surface area contributed by atoms with Gasteiger partial charge in [0.15, 0.2) is 0 Å². The van der Waals surface area contributed by atoms with Crippen molar-refractivity contribution in [3.05, 3.63) is 24.3 Å². The average molecular weight is 317 g/mol. The highest BCUT2D eigenvalue weighted by Crippen LogP contribution is 2.22. The Balaban J connectivity index is 1.55. The van der Waals surface area contributed by atoms with E-state index in [1.807, 2.05) is 0 Å². The second-order valence-corrected chi connectivity index (χ2v) is 6.21. The molecule has 3 unspecified atom stereocenters. The molecule has 6 nitrogen and oxygen atoms in total. The van der Waals surface area contributed by atoms with Gasteiger partial charge in [0.05, 0.1) is 19.6 Å². The van der Waals surface area contributed by atoms with Crippen LogP contribution in [0.5, 0.6) is 5.75 Å². The van der Waals surface area contributed by atoms with Crippen LogP contribution in [0.15, 0.2) is 24.3 Å². The number of piperazine rings is 1. The number of fused-ring (bicyclic) bond motifs is 1. The molecule has 1 aliphatic heterocycles. The predicted octanol–water partition coefficient (Wildman–Crippen LogP) is 1.42. The average Bonchev–Trinajstić information content (AvgIpc) is 2.56. The first-order valence-electron chi connectivity index (χ1n) is 8.16. The maximum Gasteiger partial charge on any atom is 0.237 e. The summed E-state index contributed by atoms with van der Waals surface area (Å²) >= 11 is 0. The van der Waals surface area contributed by atoms with Gasteiger partial charge in [0.25, 0.3) is 0 Å². The molecule has 23 heavy (non-hydrogen) atoms. The Bertz CT molecular complexity index is 573. The Kier molecular flexibility index (Phi) is 4.81. The summed E-state index contributed by atoms with van der Waals surface area (Å²) in [6.45, 7) is 0. The van der Waals surface area contributed by atoms with Gasteiger partial charge in [-0.05, 0) is 37.1 Å². The maximum atomic E-state index is 12.2. The van der Waals surface area contributed by atoms with E-state index in [9.17, 15) is 9.59 Å². The zero-order valence-electron chi connectivity index (χ0n) is 13.3. The van der Waals surface area contributed by atoms with E-state index >= 15 is 0 Å². The molecule has 2 aliphatic rings. The van der Waals surface area contributed by atoms with Crippen molar-refractivity contribution in [2.24, 2.45) is 0 Å². The molecular weight excluding hydrogens is 294 g/mol. The summed E-state index contributed by atoms with van der Waals surface area (Å²) in [5, 5.41) is 9.22. The highest BCUT2D eigenvalue weighted by atomic mass is 16.5. The fourth-order valence-electron chi connectivity index (χ4n) is 3.34. The summed E-state index contributed by atoms with van der Waals surface area (Å²) in [6.07, 6.45) is 4.55. The minimum atomic E-state index is -0.451. The van der Waals surface area contributed by atoms with Crippen LogP contribution in [0.3, 0.4) is 0 Å². The van der Waals surface area contributed by atoms with E-state index in [2.05, 4.69) is 16.0 Å². The fraction of sp³-hybridized carbons (Fsp3) is 0.529. The van der Waals surface area contributed by atoms with Crippen LogP contribution in [0.25, 0.3) is 0 Å². The summed E-state index contributed by atoms with van der Waals surface area (Å²) in [5.41, 5.74) is 0.697. The van der Waals surface area contributed by atoms with Crippen LogP contribution in [-0.2, 0) is 9.59 Å². The normalized spacial score (nSPS) is 26.8. The van der Waals surface area contributed by atoms with Crippen molar-refractivity contribution in [1.29, 1.82) is 0 Å². The van der Waals surface area contributed by atoms with E-state index < -0.39 is 6.04 Å². The number of carbonyl (C=O) groups excluding carboxylic acids is 2. The molecule has 3 rings (SSSR count). The highest BCUT2D eigenvalue weighted by molar-refractivity contribution is 5.95. The SMILES string of the molecule is COc1ccc(NC(=O)CC2NC3CCCCC3NC2=O)cc1. The number of ether oxygens (including phenoxy) is 1. The van der Waals surface area contributed by atoms with Crippen molar-refractivity contribution in [3.8, 4) is 5.75 Å². The number of carbonyl (C=O) groups is 2. The van der Waals surface area contributed by atoms with Crippen LogP contribution in [-0.4, -0.2) is 37.0 Å². The largest absolute Gasteiger partial charge is 0.497 e. The van der Waals surface area contributed by atoms with Gasteiger partial charge in [-0.15, -0.1) is 0 Å². The Morgan fingerprint density at radius 3 is 2.61 bits per heavy atom. The summed E-state index contributed by atoms with van der Waals surface area (Å²) in [5.74, 6) is 0.495. The summed E-state index contributed by atoms with van der Waals surface area (Å²) in [4.78, 5) is 24.3. The zero-order chi connectivity index (χ0) is 16.2. The lowest BCUT2D eigenvalue weighted by Crippen LogP contribution is -2.65. The number of hydrogen-bond donors (Lipinski definition) is 3. The number of amides is 2. The van der Waals surface area contributed by atoms with Gasteiger partial charge < -0.3 is 20.7 Å². The van der Waals surface area contributed by atoms with E-state index in [4.69, 9.17) is 4.74 Å². The van der Waals surface area contributed by atoms with Crippen molar-refractivity contribution < 1.29 is 14.3 Å². The van der Waals surface area contributed by atoms with Gasteiger partial charge in [-0.3, -0.25) is 9.59 Å². The van der Waals surface area contributed by atoms with E-state index in [-0.39, 0.29) is 24.3 Å². The first kappa shape index (κ1) is 15.8. The quantitative estimate of drug-likeness (QED) is 0.785. The van der Waals surface area contributed by atoms with Crippen LogP contribution < -0.4 is 20.7 Å². The van der Waals surface area contributed by atoms with E-state index in [0.717, 1.165) is 25.0 Å². The number of hydrogen-bond acceptors (Lipinski definition) is 4. The number of nitrogens with one attached hydrogen (secondary N) is 3. The van der Waals surface area contributed by atoms with Gasteiger partial charge in [0, 0.05) is 17.8 Å². The Labute approximate surface area is 136 Å². The molecule has 0 radical (unpaired) electrons. The van der Waals surface area contributed by atoms with Crippen molar-refractivity contribution in [2.75, 3.05) is 12.4 Å². The van der Waals surface area contributed by atoms with Crippen molar-refractivity contribution >= 4 is 17.5 Å². The van der Waals surface area contributed by atoms with Crippen LogP contribution in [0.4, 0.5) is 5.69 Å². The van der Waals surface area contributed by atoms with Gasteiger partial charge in [0.2, 0.25) is 11.8 Å². The lowest BCUT2D eigenvalue weighted by molar-refractivity contribution is -0.129. The van der Waals surface area contributed by atoms with Gasteiger partial charge in [-0.25, -0.2) is 0 Å². The zero-order valence-corrected chi connectivity index (χ0v) is 13.3. The molecule has 124 valence electrons. The Hall–Kier alpha value is -2.08. The third-order valence-corrected chi connectivity index (χ3v) is 4.59. The summed E-state index contributed by atoms with van der Waals surface area (Å²) in [6, 6.07) is 7.19. The van der Waals surface area contributed by atoms with E-state index in [1.165, 1.54) is 6.42 Å². The summed E-state index contributed by atoms with van der Waals surface area (Å²) < 4.78 is 5.08. The van der Waals surface area contributed by atoms with Crippen LogP contribution in [0.1, 0.15) is 32.1 Å². The maximum absolute atomic E-state index is 12.2. The molecule has 3 atom stereocenters. The second-order valence-electron chi connectivity index (χ2n) is 6.21. The molecule has 0 spiro atoms. The topological polar surface area (TPSA) is 79.5 Å². The molecular formula is C17H23N3O3. The lowest BCUT2D eigenvalue weighted by atomic mass is 9.87. The Morgan fingerprint density at radius 1 is 1.22 bits per heavy atom. The monoisotopic (exact) mass is 317 g/mol. The second kappa shape index (κ2) is 7.00. The minimum absolute atomic E-state index is 0.0713. The molecule has 1 saturated carbocycles. The van der Waals surface area contributed by atoms with Gasteiger partial charge >= 0.3 is 0 Å². The fourth-order valence-corrected chi connectivity index (χ4v) is 3.34. The van der Waals surface area contributed by atoms with Crippen LogP contribution in [0, 0.1) is 0 Å². The minimum Gasteiger partial charge on any atom is -0.497 e. The van der Waals surface area contributed by atoms with Gasteiger partial charge in [-0.1, -0.05) is 12.8 Å². The van der Waals surface area contributed by atoms with Crippen molar-refractivity contribution in [3.63, 3.8) is 0 Å². The molecule has 2 fully saturated rings. The first-order chi connectivity index (χ1) is 11.2. The van der Waals surface area contributed by atoms with Gasteiger partial charge in [-0.2, -0.15) is 0 Å². The molecule has 2 amide bonds. The number of rotatable bonds is 4. The molecule has 1 aromatic rings. The molecule has 1 aliphatic carbocycles. The predicted molar refractivity (Wildman–Crippen MR) is 87.4 cm³/mol. The molecule has 1 saturated heterocycles. The van der Waals surface area contributed by atoms with Crippen molar-refractivity contribution in [2.45, 2.75) is 50.2 Å². The third-order valence-electron chi connectivity index (χ3n) is 4.59. The number of benzene rings is 1. The smallest absolute Gasteiger partial charge is 0.237 e. The lowest BCUT2D eigenvalue weighted by Gasteiger charge is -2.40. The molecule has 1 heterocycles. The Morgan fingerprint density at radius 2 is 1.91 bits per heavy atom. The first-order valence-corrected chi connectivity index (χ1v) is 8.16. The van der Waals surface area contributed by atoms with E-state index in [0.29, 0.717) is 11.7 Å². The summed E-state index contributed by atoms with van der Waals surface area (Å²) in [7, 11) is 1.60. The molecule has 0 bridgehead atoms. The molecule has 3 N–H and O–H groups in total. The van der Waals surface area contributed by atoms with Crippen molar-refractivity contribution in [1.82, 2.24) is 10.6 Å². The van der Waals surface area contributed by atoms with Crippen LogP contribution in [0.2, 0.25) is 0 Å². The molecule has 6 heteroatoms. The third kappa shape index (κ3) is 3.82. The van der Waals surface area contributed by atoms with Gasteiger partial charge in [0.1, 0.15) is 5.75 Å². The van der Waals surface area contributed by atoms with Crippen LogP contribution >= 0.6 is 0 Å².